The van der Waals surface area contributed by atoms with Gasteiger partial charge in [-0.1, -0.05) is 19.1 Å². The van der Waals surface area contributed by atoms with E-state index in [2.05, 4.69) is 11.8 Å². The minimum Gasteiger partial charge on any atom is -0.393 e. The second-order valence-electron chi connectivity index (χ2n) is 4.12. The minimum atomic E-state index is -0.192. The van der Waals surface area contributed by atoms with Crippen LogP contribution in [-0.2, 0) is 4.79 Å². The Hall–Kier alpha value is -0.680. The molecule has 0 aromatic rings. The summed E-state index contributed by atoms with van der Waals surface area (Å²) in [4.78, 5) is 13.8. The molecule has 0 aromatic heterocycles. The van der Waals surface area contributed by atoms with Crippen LogP contribution < -0.4 is 11.5 Å². The summed E-state index contributed by atoms with van der Waals surface area (Å²) >= 11 is 4.91. The van der Waals surface area contributed by atoms with Gasteiger partial charge in [-0.3, -0.25) is 9.69 Å². The Bertz CT molecular complexity index is 257. The van der Waals surface area contributed by atoms with Crippen LogP contribution in [0, 0.1) is 5.92 Å². The van der Waals surface area contributed by atoms with Crippen molar-refractivity contribution >= 4 is 23.1 Å². The average Bonchev–Trinajstić information content (AvgIpc) is 2.62. The molecule has 15 heavy (non-hydrogen) atoms. The Balaban J connectivity index is 2.49. The maximum atomic E-state index is 11.0. The number of rotatable bonds is 5. The number of hydrogen-bond acceptors (Lipinski definition) is 3. The molecule has 5 heteroatoms. The third-order valence-corrected chi connectivity index (χ3v) is 3.21. The summed E-state index contributed by atoms with van der Waals surface area (Å²) in [5.74, 6) is -0.187. The number of likely N-dealkylation sites (tertiary alicyclic amines) is 1. The highest BCUT2D eigenvalue weighted by molar-refractivity contribution is 7.80. The van der Waals surface area contributed by atoms with E-state index in [0.29, 0.717) is 11.0 Å². The Labute approximate surface area is 96.0 Å². The van der Waals surface area contributed by atoms with Crippen LogP contribution in [0.3, 0.4) is 0 Å². The van der Waals surface area contributed by atoms with Crippen molar-refractivity contribution in [3.63, 3.8) is 0 Å². The summed E-state index contributed by atoms with van der Waals surface area (Å²) in [6, 6.07) is 0.367. The molecule has 86 valence electrons. The number of carbonyl (C=O) groups is 1. The Morgan fingerprint density at radius 1 is 1.60 bits per heavy atom. The zero-order chi connectivity index (χ0) is 11.4. The van der Waals surface area contributed by atoms with Gasteiger partial charge < -0.3 is 11.5 Å². The fourth-order valence-corrected chi connectivity index (χ4v) is 2.31. The summed E-state index contributed by atoms with van der Waals surface area (Å²) < 4.78 is 0. The zero-order valence-electron chi connectivity index (χ0n) is 9.11. The van der Waals surface area contributed by atoms with E-state index in [1.54, 1.807) is 0 Å². The summed E-state index contributed by atoms with van der Waals surface area (Å²) in [6.07, 6.45) is 2.60. The van der Waals surface area contributed by atoms with Gasteiger partial charge in [-0.15, -0.1) is 0 Å². The molecule has 1 aliphatic heterocycles. The van der Waals surface area contributed by atoms with Crippen molar-refractivity contribution < 1.29 is 4.79 Å². The summed E-state index contributed by atoms with van der Waals surface area (Å²) in [5.41, 5.74) is 10.8. The van der Waals surface area contributed by atoms with E-state index in [9.17, 15) is 4.79 Å². The van der Waals surface area contributed by atoms with Crippen LogP contribution in [0.4, 0.5) is 0 Å². The van der Waals surface area contributed by atoms with Crippen LogP contribution in [0.25, 0.3) is 0 Å². The highest BCUT2D eigenvalue weighted by atomic mass is 32.1. The SMILES string of the molecule is CCC(CC(N)=S)N1CCC(C(N)=O)C1. The molecule has 1 fully saturated rings. The van der Waals surface area contributed by atoms with E-state index in [4.69, 9.17) is 23.7 Å². The lowest BCUT2D eigenvalue weighted by Crippen LogP contribution is -2.37. The molecule has 0 radical (unpaired) electrons. The number of nitrogens with two attached hydrogens (primary N) is 2. The largest absolute Gasteiger partial charge is 0.393 e. The van der Waals surface area contributed by atoms with Gasteiger partial charge in [-0.25, -0.2) is 0 Å². The van der Waals surface area contributed by atoms with Crippen LogP contribution in [0.1, 0.15) is 26.2 Å². The second kappa shape index (κ2) is 5.42. The normalized spacial score (nSPS) is 23.9. The van der Waals surface area contributed by atoms with Crippen LogP contribution in [-0.4, -0.2) is 34.9 Å². The molecule has 4 nitrogen and oxygen atoms in total. The maximum Gasteiger partial charge on any atom is 0.221 e. The third kappa shape index (κ3) is 3.43. The Kier molecular flexibility index (Phi) is 4.47. The first-order chi connectivity index (χ1) is 7.04. The predicted molar refractivity (Wildman–Crippen MR) is 64.4 cm³/mol. The number of nitrogens with zero attached hydrogens (tertiary/aromatic N) is 1. The van der Waals surface area contributed by atoms with Crippen LogP contribution in [0.15, 0.2) is 0 Å². The number of amides is 1. The molecule has 1 amide bonds. The molecule has 1 saturated heterocycles. The van der Waals surface area contributed by atoms with Gasteiger partial charge in [0.05, 0.1) is 10.9 Å². The molecular formula is C10H19N3OS. The number of thiocarbonyl (C=S) groups is 1. The van der Waals surface area contributed by atoms with Crippen molar-refractivity contribution in [2.45, 2.75) is 32.2 Å². The first kappa shape index (κ1) is 12.4. The maximum absolute atomic E-state index is 11.0. The van der Waals surface area contributed by atoms with E-state index in [1.807, 2.05) is 0 Å². The fraction of sp³-hybridized carbons (Fsp3) is 0.800. The smallest absolute Gasteiger partial charge is 0.221 e. The average molecular weight is 229 g/mol. The lowest BCUT2D eigenvalue weighted by Gasteiger charge is -2.26. The van der Waals surface area contributed by atoms with Crippen LogP contribution in [0.2, 0.25) is 0 Å². The van der Waals surface area contributed by atoms with Gasteiger partial charge in [0, 0.05) is 19.0 Å². The van der Waals surface area contributed by atoms with E-state index >= 15 is 0 Å². The van der Waals surface area contributed by atoms with Crippen LogP contribution in [0.5, 0.6) is 0 Å². The molecule has 2 atom stereocenters. The molecule has 0 bridgehead atoms. The van der Waals surface area contributed by atoms with Crippen molar-refractivity contribution in [3.05, 3.63) is 0 Å². The predicted octanol–water partition coefficient (Wildman–Crippen LogP) is 0.248. The monoisotopic (exact) mass is 229 g/mol. The van der Waals surface area contributed by atoms with Crippen LogP contribution >= 0.6 is 12.2 Å². The molecule has 0 saturated carbocycles. The Morgan fingerprint density at radius 3 is 2.67 bits per heavy atom. The van der Waals surface area contributed by atoms with Crippen molar-refractivity contribution in [2.75, 3.05) is 13.1 Å². The van der Waals surface area contributed by atoms with Crippen molar-refractivity contribution in [1.29, 1.82) is 0 Å². The van der Waals surface area contributed by atoms with Gasteiger partial charge in [0.25, 0.3) is 0 Å². The molecule has 0 aromatic carbocycles. The van der Waals surface area contributed by atoms with Crippen molar-refractivity contribution in [3.8, 4) is 0 Å². The first-order valence-corrected chi connectivity index (χ1v) is 5.77. The lowest BCUT2D eigenvalue weighted by molar-refractivity contribution is -0.121. The molecule has 2 unspecified atom stereocenters. The van der Waals surface area contributed by atoms with E-state index in [-0.39, 0.29) is 11.8 Å². The first-order valence-electron chi connectivity index (χ1n) is 5.36. The van der Waals surface area contributed by atoms with Gasteiger partial charge in [-0.05, 0) is 19.4 Å². The molecular weight excluding hydrogens is 210 g/mol. The topological polar surface area (TPSA) is 72.3 Å². The highest BCUT2D eigenvalue weighted by Crippen LogP contribution is 2.21. The minimum absolute atomic E-state index is 0.00500. The summed E-state index contributed by atoms with van der Waals surface area (Å²) in [7, 11) is 0. The number of hydrogen-bond donors (Lipinski definition) is 2. The van der Waals surface area contributed by atoms with E-state index in [0.717, 1.165) is 32.4 Å². The van der Waals surface area contributed by atoms with E-state index < -0.39 is 0 Å². The van der Waals surface area contributed by atoms with Crippen molar-refractivity contribution in [1.82, 2.24) is 4.90 Å². The highest BCUT2D eigenvalue weighted by Gasteiger charge is 2.30. The summed E-state index contributed by atoms with van der Waals surface area (Å²) in [5, 5.41) is 0. The van der Waals surface area contributed by atoms with Gasteiger partial charge in [0.1, 0.15) is 0 Å². The molecule has 1 heterocycles. The standard InChI is InChI=1S/C10H19N3OS/c1-2-8(5-9(11)15)13-4-3-7(6-13)10(12)14/h7-8H,2-6H2,1H3,(H2,11,15)(H2,12,14). The van der Waals surface area contributed by atoms with Gasteiger partial charge in [0.2, 0.25) is 5.91 Å². The molecule has 0 aliphatic carbocycles. The molecule has 0 spiro atoms. The quantitative estimate of drug-likeness (QED) is 0.663. The van der Waals surface area contributed by atoms with Gasteiger partial charge >= 0.3 is 0 Å². The molecule has 1 rings (SSSR count). The molecule has 4 N–H and O–H groups in total. The van der Waals surface area contributed by atoms with E-state index in [1.165, 1.54) is 0 Å². The lowest BCUT2D eigenvalue weighted by atomic mass is 10.1. The zero-order valence-corrected chi connectivity index (χ0v) is 9.93. The van der Waals surface area contributed by atoms with Gasteiger partial charge in [-0.2, -0.15) is 0 Å². The molecule has 1 aliphatic rings. The van der Waals surface area contributed by atoms with Crippen molar-refractivity contribution in [2.24, 2.45) is 17.4 Å². The van der Waals surface area contributed by atoms with Gasteiger partial charge in [0.15, 0.2) is 0 Å². The number of carbonyl (C=O) groups excluding carboxylic acids is 1. The summed E-state index contributed by atoms with van der Waals surface area (Å²) in [6.45, 7) is 3.80. The third-order valence-electron chi connectivity index (χ3n) is 3.05. The fourth-order valence-electron chi connectivity index (χ4n) is 2.12. The number of primary amides is 1. The second-order valence-corrected chi connectivity index (χ2v) is 4.64. The Morgan fingerprint density at radius 2 is 2.27 bits per heavy atom.